The number of ether oxygens (including phenoxy) is 1. The maximum absolute atomic E-state index is 14.1. The Bertz CT molecular complexity index is 864. The van der Waals surface area contributed by atoms with Gasteiger partial charge in [-0.1, -0.05) is 0 Å². The van der Waals surface area contributed by atoms with Crippen molar-refractivity contribution in [3.8, 4) is 5.75 Å². The molecule has 1 aromatic heterocycles. The topological polar surface area (TPSA) is 73.2 Å². The van der Waals surface area contributed by atoms with Crippen molar-refractivity contribution in [3.05, 3.63) is 40.4 Å². The van der Waals surface area contributed by atoms with Gasteiger partial charge in [-0.05, 0) is 60.1 Å². The van der Waals surface area contributed by atoms with Crippen molar-refractivity contribution in [2.45, 2.75) is 30.4 Å². The van der Waals surface area contributed by atoms with Gasteiger partial charge in [0.15, 0.2) is 21.4 Å². The van der Waals surface area contributed by atoms with Crippen LogP contribution in [-0.2, 0) is 16.4 Å². The quantitative estimate of drug-likeness (QED) is 0.787. The molecule has 1 aliphatic heterocycles. The molecule has 0 unspecified atom stereocenters. The van der Waals surface area contributed by atoms with Crippen molar-refractivity contribution >= 4 is 25.8 Å². The SMILES string of the molecule is CS(=O)(=O)c1ccc(OCc2cnn(C3CCNCC3)c2Br)c(F)c1. The van der Waals surface area contributed by atoms with Crippen LogP contribution in [0.15, 0.2) is 33.9 Å². The molecule has 1 fully saturated rings. The molecule has 0 spiro atoms. The van der Waals surface area contributed by atoms with E-state index in [1.165, 1.54) is 12.1 Å². The maximum Gasteiger partial charge on any atom is 0.175 e. The molecule has 0 atom stereocenters. The van der Waals surface area contributed by atoms with Crippen molar-refractivity contribution < 1.29 is 17.5 Å². The van der Waals surface area contributed by atoms with Gasteiger partial charge in [-0.15, -0.1) is 0 Å². The molecule has 0 aliphatic carbocycles. The fourth-order valence-corrected chi connectivity index (χ4v) is 4.00. The zero-order valence-electron chi connectivity index (χ0n) is 13.7. The van der Waals surface area contributed by atoms with Gasteiger partial charge in [-0.3, -0.25) is 4.68 Å². The summed E-state index contributed by atoms with van der Waals surface area (Å²) in [4.78, 5) is -0.0720. The molecule has 136 valence electrons. The number of nitrogens with zero attached hydrogens (tertiary/aromatic N) is 2. The normalized spacial score (nSPS) is 16.1. The Balaban J connectivity index is 1.71. The number of hydrogen-bond donors (Lipinski definition) is 1. The zero-order chi connectivity index (χ0) is 18.0. The molecule has 0 bridgehead atoms. The summed E-state index contributed by atoms with van der Waals surface area (Å²) in [5, 5.41) is 7.72. The smallest absolute Gasteiger partial charge is 0.175 e. The number of hydrogen-bond acceptors (Lipinski definition) is 5. The molecule has 0 saturated carbocycles. The first-order chi connectivity index (χ1) is 11.9. The second-order valence-corrected chi connectivity index (χ2v) is 8.81. The van der Waals surface area contributed by atoms with Crippen molar-refractivity contribution in [2.75, 3.05) is 19.3 Å². The van der Waals surface area contributed by atoms with Crippen LogP contribution < -0.4 is 10.1 Å². The van der Waals surface area contributed by atoms with Crippen molar-refractivity contribution in [1.82, 2.24) is 15.1 Å². The molecule has 1 N–H and O–H groups in total. The van der Waals surface area contributed by atoms with Crippen LogP contribution in [0.4, 0.5) is 4.39 Å². The second kappa shape index (κ2) is 7.43. The molecule has 9 heteroatoms. The van der Waals surface area contributed by atoms with E-state index in [9.17, 15) is 12.8 Å². The van der Waals surface area contributed by atoms with E-state index in [0.717, 1.165) is 48.4 Å². The Morgan fingerprint density at radius 3 is 2.76 bits per heavy atom. The number of piperidine rings is 1. The Labute approximate surface area is 154 Å². The van der Waals surface area contributed by atoms with E-state index in [1.54, 1.807) is 6.20 Å². The lowest BCUT2D eigenvalue weighted by atomic mass is 10.1. The first-order valence-electron chi connectivity index (χ1n) is 7.91. The number of rotatable bonds is 5. The average molecular weight is 432 g/mol. The Morgan fingerprint density at radius 1 is 1.40 bits per heavy atom. The lowest BCUT2D eigenvalue weighted by Crippen LogP contribution is -2.30. The average Bonchev–Trinajstić information content (AvgIpc) is 2.94. The second-order valence-electron chi connectivity index (χ2n) is 6.04. The predicted octanol–water partition coefficient (Wildman–Crippen LogP) is 2.69. The molecule has 6 nitrogen and oxygen atoms in total. The van der Waals surface area contributed by atoms with Gasteiger partial charge in [-0.2, -0.15) is 5.10 Å². The van der Waals surface area contributed by atoms with Crippen LogP contribution in [0, 0.1) is 5.82 Å². The molecular formula is C16H19BrFN3O3S. The molecular weight excluding hydrogens is 413 g/mol. The van der Waals surface area contributed by atoms with Gasteiger partial charge in [0, 0.05) is 11.8 Å². The molecule has 1 aliphatic rings. The van der Waals surface area contributed by atoms with Crippen LogP contribution >= 0.6 is 15.9 Å². The van der Waals surface area contributed by atoms with Crippen LogP contribution in [0.2, 0.25) is 0 Å². The molecule has 25 heavy (non-hydrogen) atoms. The molecule has 1 aromatic carbocycles. The molecule has 1 saturated heterocycles. The van der Waals surface area contributed by atoms with Gasteiger partial charge in [0.2, 0.25) is 0 Å². The fraction of sp³-hybridized carbons (Fsp3) is 0.438. The van der Waals surface area contributed by atoms with Crippen LogP contribution in [-0.4, -0.2) is 37.5 Å². The van der Waals surface area contributed by atoms with E-state index < -0.39 is 15.7 Å². The minimum Gasteiger partial charge on any atom is -0.486 e. The lowest BCUT2D eigenvalue weighted by molar-refractivity contribution is 0.287. The number of aromatic nitrogens is 2. The minimum atomic E-state index is -3.45. The van der Waals surface area contributed by atoms with Crippen LogP contribution in [0.1, 0.15) is 24.4 Å². The third kappa shape index (κ3) is 4.21. The monoisotopic (exact) mass is 431 g/mol. The minimum absolute atomic E-state index is 0.00826. The molecule has 0 radical (unpaired) electrons. The fourth-order valence-electron chi connectivity index (χ4n) is 2.77. The van der Waals surface area contributed by atoms with E-state index in [2.05, 4.69) is 26.3 Å². The van der Waals surface area contributed by atoms with Crippen LogP contribution in [0.5, 0.6) is 5.75 Å². The van der Waals surface area contributed by atoms with Crippen LogP contribution in [0.3, 0.4) is 0 Å². The van der Waals surface area contributed by atoms with Gasteiger partial charge >= 0.3 is 0 Å². The van der Waals surface area contributed by atoms with Gasteiger partial charge in [0.05, 0.1) is 17.1 Å². The summed E-state index contributed by atoms with van der Waals surface area (Å²) in [6, 6.07) is 3.96. The van der Waals surface area contributed by atoms with E-state index in [4.69, 9.17) is 4.74 Å². The highest BCUT2D eigenvalue weighted by molar-refractivity contribution is 9.10. The summed E-state index contributed by atoms with van der Waals surface area (Å²) in [6.07, 6.45) is 4.74. The zero-order valence-corrected chi connectivity index (χ0v) is 16.1. The number of halogens is 2. The third-order valence-electron chi connectivity index (χ3n) is 4.17. The Kier molecular flexibility index (Phi) is 5.45. The summed E-state index contributed by atoms with van der Waals surface area (Å²) >= 11 is 3.54. The lowest BCUT2D eigenvalue weighted by Gasteiger charge is -2.23. The van der Waals surface area contributed by atoms with E-state index in [0.29, 0.717) is 6.04 Å². The van der Waals surface area contributed by atoms with Crippen LogP contribution in [0.25, 0.3) is 0 Å². The molecule has 2 aromatic rings. The van der Waals surface area contributed by atoms with E-state index >= 15 is 0 Å². The first-order valence-corrected chi connectivity index (χ1v) is 10.6. The van der Waals surface area contributed by atoms with Crippen molar-refractivity contribution in [3.63, 3.8) is 0 Å². The highest BCUT2D eigenvalue weighted by Gasteiger charge is 2.20. The van der Waals surface area contributed by atoms with Gasteiger partial charge in [0.1, 0.15) is 11.2 Å². The molecule has 3 rings (SSSR count). The van der Waals surface area contributed by atoms with Gasteiger partial charge < -0.3 is 10.1 Å². The highest BCUT2D eigenvalue weighted by atomic mass is 79.9. The highest BCUT2D eigenvalue weighted by Crippen LogP contribution is 2.27. The Hall–Kier alpha value is -1.45. The summed E-state index contributed by atoms with van der Waals surface area (Å²) in [6.45, 7) is 2.06. The summed E-state index contributed by atoms with van der Waals surface area (Å²) in [7, 11) is -3.45. The summed E-state index contributed by atoms with van der Waals surface area (Å²) in [5.41, 5.74) is 0.810. The maximum atomic E-state index is 14.1. The van der Waals surface area contributed by atoms with E-state index in [-0.39, 0.29) is 17.3 Å². The van der Waals surface area contributed by atoms with Crippen molar-refractivity contribution in [1.29, 1.82) is 0 Å². The standard InChI is InChI=1S/C16H19BrFN3O3S/c1-25(22,23)13-2-3-15(14(18)8-13)24-10-11-9-20-21(16(11)17)12-4-6-19-7-5-12/h2-3,8-9,12,19H,4-7,10H2,1H3. The largest absolute Gasteiger partial charge is 0.486 e. The summed E-state index contributed by atoms with van der Waals surface area (Å²) in [5.74, 6) is -0.696. The van der Waals surface area contributed by atoms with E-state index in [1.807, 2.05) is 4.68 Å². The Morgan fingerprint density at radius 2 is 2.12 bits per heavy atom. The summed E-state index contributed by atoms with van der Waals surface area (Å²) < 4.78 is 45.2. The number of sulfone groups is 1. The van der Waals surface area contributed by atoms with Gasteiger partial charge in [-0.25, -0.2) is 12.8 Å². The number of benzene rings is 1. The molecule has 0 amide bonds. The number of nitrogens with one attached hydrogen (secondary N) is 1. The van der Waals surface area contributed by atoms with Crippen molar-refractivity contribution in [2.24, 2.45) is 0 Å². The third-order valence-corrected chi connectivity index (χ3v) is 6.16. The van der Waals surface area contributed by atoms with Gasteiger partial charge in [0.25, 0.3) is 0 Å². The first kappa shape index (κ1) is 18.3. The predicted molar refractivity (Wildman–Crippen MR) is 94.9 cm³/mol. The molecule has 2 heterocycles.